The third-order valence-electron chi connectivity index (χ3n) is 4.82. The number of nitrogens with zero attached hydrogens (tertiary/aromatic N) is 5. The third kappa shape index (κ3) is 2.34. The van der Waals surface area contributed by atoms with E-state index in [1.54, 1.807) is 17.2 Å². The first-order valence-corrected chi connectivity index (χ1v) is 7.75. The SMILES string of the molecule is Cc1ccnc2nc(C(=O)N3C[C@H](C(=O)O)[C@@H](C4CC4)C3)nn12. The summed E-state index contributed by atoms with van der Waals surface area (Å²) in [5, 5.41) is 13.6. The van der Waals surface area contributed by atoms with E-state index in [1.165, 1.54) is 4.52 Å². The van der Waals surface area contributed by atoms with Gasteiger partial charge in [-0.3, -0.25) is 9.59 Å². The van der Waals surface area contributed by atoms with Crippen molar-refractivity contribution in [2.24, 2.45) is 17.8 Å². The number of hydrogen-bond acceptors (Lipinski definition) is 5. The predicted octanol–water partition coefficient (Wildman–Crippen LogP) is 0.616. The van der Waals surface area contributed by atoms with Crippen LogP contribution in [0.5, 0.6) is 0 Å². The number of aliphatic carboxylic acids is 1. The number of carbonyl (C=O) groups excluding carboxylic acids is 1. The molecule has 0 unspecified atom stereocenters. The molecule has 0 bridgehead atoms. The molecule has 0 spiro atoms. The number of rotatable bonds is 3. The van der Waals surface area contributed by atoms with Gasteiger partial charge in [0.2, 0.25) is 5.82 Å². The van der Waals surface area contributed by atoms with Gasteiger partial charge in [-0.25, -0.2) is 9.50 Å². The molecule has 2 fully saturated rings. The number of carbonyl (C=O) groups is 2. The van der Waals surface area contributed by atoms with Crippen molar-refractivity contribution in [1.29, 1.82) is 0 Å². The van der Waals surface area contributed by atoms with Crippen LogP contribution >= 0.6 is 0 Å². The van der Waals surface area contributed by atoms with Gasteiger partial charge in [-0.05, 0) is 37.7 Å². The first-order valence-electron chi connectivity index (χ1n) is 7.75. The van der Waals surface area contributed by atoms with Crippen molar-refractivity contribution in [2.75, 3.05) is 13.1 Å². The first-order chi connectivity index (χ1) is 11.0. The molecule has 1 saturated heterocycles. The van der Waals surface area contributed by atoms with Crippen LogP contribution < -0.4 is 0 Å². The van der Waals surface area contributed by atoms with Gasteiger partial charge < -0.3 is 10.0 Å². The van der Waals surface area contributed by atoms with Crippen LogP contribution in [-0.4, -0.2) is 54.6 Å². The van der Waals surface area contributed by atoms with E-state index in [2.05, 4.69) is 15.1 Å². The second-order valence-corrected chi connectivity index (χ2v) is 6.39. The highest BCUT2D eigenvalue weighted by Crippen LogP contribution is 2.44. The van der Waals surface area contributed by atoms with Crippen LogP contribution in [0, 0.1) is 24.7 Å². The van der Waals surface area contributed by atoms with Crippen LogP contribution in [0.2, 0.25) is 0 Å². The largest absolute Gasteiger partial charge is 0.481 e. The van der Waals surface area contributed by atoms with Crippen molar-refractivity contribution < 1.29 is 14.7 Å². The first kappa shape index (κ1) is 14.1. The highest BCUT2D eigenvalue weighted by Gasteiger charge is 2.47. The van der Waals surface area contributed by atoms with Crippen molar-refractivity contribution in [1.82, 2.24) is 24.5 Å². The van der Waals surface area contributed by atoms with Crippen LogP contribution in [0.15, 0.2) is 12.3 Å². The van der Waals surface area contributed by atoms with E-state index in [4.69, 9.17) is 0 Å². The van der Waals surface area contributed by atoms with Gasteiger partial charge in [-0.15, -0.1) is 5.10 Å². The van der Waals surface area contributed by atoms with Gasteiger partial charge in [0.25, 0.3) is 11.7 Å². The van der Waals surface area contributed by atoms with Crippen molar-refractivity contribution in [3.8, 4) is 0 Å². The summed E-state index contributed by atoms with van der Waals surface area (Å²) in [7, 11) is 0. The zero-order chi connectivity index (χ0) is 16.1. The second kappa shape index (κ2) is 5.00. The van der Waals surface area contributed by atoms with E-state index in [9.17, 15) is 14.7 Å². The Morgan fingerprint density at radius 1 is 1.30 bits per heavy atom. The quantitative estimate of drug-likeness (QED) is 0.891. The Bertz CT molecular complexity index is 798. The second-order valence-electron chi connectivity index (χ2n) is 6.39. The molecule has 8 heteroatoms. The summed E-state index contributed by atoms with van der Waals surface area (Å²) < 4.78 is 1.52. The lowest BCUT2D eigenvalue weighted by atomic mass is 9.92. The normalized spacial score (nSPS) is 24.3. The molecule has 23 heavy (non-hydrogen) atoms. The summed E-state index contributed by atoms with van der Waals surface area (Å²) in [6, 6.07) is 1.79. The van der Waals surface area contributed by atoms with Crippen LogP contribution in [0.4, 0.5) is 0 Å². The summed E-state index contributed by atoms with van der Waals surface area (Å²) in [6.45, 7) is 2.57. The lowest BCUT2D eigenvalue weighted by Gasteiger charge is -2.13. The van der Waals surface area contributed by atoms with Crippen molar-refractivity contribution in [3.05, 3.63) is 23.8 Å². The highest BCUT2D eigenvalue weighted by atomic mass is 16.4. The van der Waals surface area contributed by atoms with Crippen molar-refractivity contribution in [3.63, 3.8) is 0 Å². The molecular weight excluding hydrogens is 298 g/mol. The number of aryl methyl sites for hydroxylation is 1. The van der Waals surface area contributed by atoms with Crippen LogP contribution in [0.25, 0.3) is 5.78 Å². The van der Waals surface area contributed by atoms with Crippen LogP contribution in [-0.2, 0) is 4.79 Å². The minimum absolute atomic E-state index is 0.0494. The number of hydrogen-bond donors (Lipinski definition) is 1. The predicted molar refractivity (Wildman–Crippen MR) is 78.8 cm³/mol. The number of likely N-dealkylation sites (tertiary alicyclic amines) is 1. The zero-order valence-corrected chi connectivity index (χ0v) is 12.7. The molecule has 1 aliphatic heterocycles. The van der Waals surface area contributed by atoms with Gasteiger partial charge in [0.05, 0.1) is 5.92 Å². The van der Waals surface area contributed by atoms with E-state index in [1.807, 2.05) is 6.92 Å². The highest BCUT2D eigenvalue weighted by molar-refractivity contribution is 5.91. The van der Waals surface area contributed by atoms with E-state index in [0.717, 1.165) is 18.5 Å². The summed E-state index contributed by atoms with van der Waals surface area (Å²) >= 11 is 0. The monoisotopic (exact) mass is 315 g/mol. The van der Waals surface area contributed by atoms with Crippen LogP contribution in [0.1, 0.15) is 29.2 Å². The third-order valence-corrected chi connectivity index (χ3v) is 4.82. The van der Waals surface area contributed by atoms with Gasteiger partial charge in [-0.2, -0.15) is 4.98 Å². The average Bonchev–Trinajstić information content (AvgIpc) is 3.11. The molecule has 2 aliphatic rings. The smallest absolute Gasteiger partial charge is 0.308 e. The van der Waals surface area contributed by atoms with E-state index in [-0.39, 0.29) is 24.2 Å². The summed E-state index contributed by atoms with van der Waals surface area (Å²) in [5.74, 6) is -0.682. The standard InChI is InChI=1S/C15H17N5O3/c1-8-4-5-16-15-17-12(18-20(8)15)13(21)19-6-10(9-2-3-9)11(7-19)14(22)23/h4-5,9-11H,2-3,6-7H2,1H3,(H,22,23)/t10-,11+/m1/s1. The fourth-order valence-electron chi connectivity index (χ4n) is 3.40. The molecule has 1 amide bonds. The zero-order valence-electron chi connectivity index (χ0n) is 12.7. The number of aromatic nitrogens is 4. The maximum absolute atomic E-state index is 12.7. The Labute approximate surface area is 132 Å². The molecule has 2 atom stereocenters. The van der Waals surface area contributed by atoms with E-state index in [0.29, 0.717) is 18.2 Å². The lowest BCUT2D eigenvalue weighted by Crippen LogP contribution is -2.30. The van der Waals surface area contributed by atoms with Crippen molar-refractivity contribution in [2.45, 2.75) is 19.8 Å². The fourth-order valence-corrected chi connectivity index (χ4v) is 3.40. The Morgan fingerprint density at radius 2 is 2.09 bits per heavy atom. The number of amides is 1. The molecule has 1 saturated carbocycles. The molecule has 0 radical (unpaired) electrons. The molecular formula is C15H17N5O3. The van der Waals surface area contributed by atoms with Gasteiger partial charge in [0.15, 0.2) is 0 Å². The molecule has 1 N–H and O–H groups in total. The topological polar surface area (TPSA) is 101 Å². The Hall–Kier alpha value is -2.51. The fraction of sp³-hybridized carbons (Fsp3) is 0.533. The Kier molecular flexibility index (Phi) is 3.07. The lowest BCUT2D eigenvalue weighted by molar-refractivity contribution is -0.142. The number of carboxylic acid groups (broad SMARTS) is 1. The van der Waals surface area contributed by atoms with Crippen LogP contribution in [0.3, 0.4) is 0 Å². The minimum Gasteiger partial charge on any atom is -0.481 e. The Morgan fingerprint density at radius 3 is 2.74 bits per heavy atom. The van der Waals surface area contributed by atoms with E-state index < -0.39 is 11.9 Å². The summed E-state index contributed by atoms with van der Waals surface area (Å²) in [4.78, 5) is 33.9. The minimum atomic E-state index is -0.822. The average molecular weight is 315 g/mol. The summed E-state index contributed by atoms with van der Waals surface area (Å²) in [5.41, 5.74) is 0.835. The number of fused-ring (bicyclic) bond motifs is 1. The molecule has 120 valence electrons. The van der Waals surface area contributed by atoms with Gasteiger partial charge in [-0.1, -0.05) is 0 Å². The molecule has 2 aromatic heterocycles. The maximum atomic E-state index is 12.7. The molecule has 1 aliphatic carbocycles. The van der Waals surface area contributed by atoms with E-state index >= 15 is 0 Å². The van der Waals surface area contributed by atoms with Crippen molar-refractivity contribution >= 4 is 17.7 Å². The molecule has 2 aromatic rings. The van der Waals surface area contributed by atoms with Gasteiger partial charge in [0.1, 0.15) is 0 Å². The van der Waals surface area contributed by atoms with Gasteiger partial charge >= 0.3 is 5.97 Å². The molecule has 4 rings (SSSR count). The molecule has 3 heterocycles. The molecule has 0 aromatic carbocycles. The van der Waals surface area contributed by atoms with Gasteiger partial charge in [0, 0.05) is 25.0 Å². The maximum Gasteiger partial charge on any atom is 0.308 e. The molecule has 8 nitrogen and oxygen atoms in total. The summed E-state index contributed by atoms with van der Waals surface area (Å²) in [6.07, 6.45) is 3.74. The Balaban J connectivity index is 1.60. The number of carboxylic acids is 1.